The van der Waals surface area contributed by atoms with E-state index in [1.807, 2.05) is 3.21 Å². The Bertz CT molecular complexity index is 1720. The predicted octanol–water partition coefficient (Wildman–Crippen LogP) is 5.90. The van der Waals surface area contributed by atoms with Crippen molar-refractivity contribution in [3.63, 3.8) is 0 Å². The molecule has 0 N–H and O–H groups in total. The molecule has 3 aliphatic rings. The van der Waals surface area contributed by atoms with Crippen molar-refractivity contribution in [1.82, 2.24) is 0 Å². The van der Waals surface area contributed by atoms with E-state index in [2.05, 4.69) is 145 Å². The average molecular weight is 725 g/mol. The molecule has 3 aliphatic carbocycles. The Balaban J connectivity index is 0.00000208. The molecule has 0 heterocycles. The summed E-state index contributed by atoms with van der Waals surface area (Å²) in [5.74, 6) is 0. The largest absolute Gasteiger partial charge is 1.00 e. The van der Waals surface area contributed by atoms with E-state index in [0.717, 1.165) is 6.42 Å². The van der Waals surface area contributed by atoms with Crippen molar-refractivity contribution in [3.8, 4) is 33.4 Å². The first-order chi connectivity index (χ1) is 21.1. The third-order valence-electron chi connectivity index (χ3n) is 10.1. The molecule has 0 radical (unpaired) electrons. The summed E-state index contributed by atoms with van der Waals surface area (Å²) in [4.78, 5) is 0. The van der Waals surface area contributed by atoms with Gasteiger partial charge in [-0.3, -0.25) is 0 Å². The van der Waals surface area contributed by atoms with E-state index in [1.54, 1.807) is 14.4 Å². The summed E-state index contributed by atoms with van der Waals surface area (Å²) in [6.45, 7) is 14.3. The minimum absolute atomic E-state index is 0. The number of benzene rings is 4. The Labute approximate surface area is 297 Å². The normalized spacial score (nSPS) is 15.4. The molecule has 4 aromatic rings. The summed E-state index contributed by atoms with van der Waals surface area (Å²) < 4.78 is 4.29. The van der Waals surface area contributed by atoms with Crippen molar-refractivity contribution >= 4 is 3.21 Å². The van der Waals surface area contributed by atoms with Crippen molar-refractivity contribution in [2.24, 2.45) is 0 Å². The summed E-state index contributed by atoms with van der Waals surface area (Å²) in [5.41, 5.74) is 14.7. The standard InChI is InChI=1S/C33H33.C5H8.C5H5.2ClH.Zr/c1-32(2,3)30-20-26-24(18-28(30)22-13-9-7-10-14-22)17-25-19-29(23-15-11-8-12-16-23)31(21-27(25)26)33(4,5)6;2*1-2-4-5-3-1;;;/h7-21H,1-6H3;1-4H2;1-3H,4H2;2*1H;/q;;;;;+2/p-2. The van der Waals surface area contributed by atoms with E-state index in [0.29, 0.717) is 3.63 Å². The van der Waals surface area contributed by atoms with Gasteiger partial charge in [-0.2, -0.15) is 0 Å². The van der Waals surface area contributed by atoms with Crippen molar-refractivity contribution < 1.29 is 46.1 Å². The third kappa shape index (κ3) is 6.42. The summed E-state index contributed by atoms with van der Waals surface area (Å²) in [5, 5.41) is 0. The minimum atomic E-state index is -2.30. The second-order valence-electron chi connectivity index (χ2n) is 15.2. The molecule has 0 bridgehead atoms. The molecule has 0 spiro atoms. The molecule has 46 heavy (non-hydrogen) atoms. The number of halogens is 2. The fraction of sp³-hybridized carbons (Fsp3) is 0.326. The van der Waals surface area contributed by atoms with Crippen molar-refractivity contribution in [1.29, 1.82) is 0 Å². The number of hydrogen-bond donors (Lipinski definition) is 0. The minimum Gasteiger partial charge on any atom is -1.00 e. The van der Waals surface area contributed by atoms with Crippen LogP contribution in [0.2, 0.25) is 0 Å². The zero-order valence-electron chi connectivity index (χ0n) is 28.2. The molecular formula is C43H46Cl2Zr. The van der Waals surface area contributed by atoms with E-state index < -0.39 is 21.3 Å². The van der Waals surface area contributed by atoms with Gasteiger partial charge < -0.3 is 24.8 Å². The van der Waals surface area contributed by atoms with Crippen LogP contribution in [0.1, 0.15) is 99.5 Å². The van der Waals surface area contributed by atoms with E-state index in [4.69, 9.17) is 0 Å². The van der Waals surface area contributed by atoms with Crippen molar-refractivity contribution in [2.45, 2.75) is 88.1 Å². The molecule has 1 fully saturated rings. The van der Waals surface area contributed by atoms with Crippen LogP contribution in [0.5, 0.6) is 0 Å². The fourth-order valence-electron chi connectivity index (χ4n) is 7.94. The quantitative estimate of drug-likeness (QED) is 0.246. The van der Waals surface area contributed by atoms with E-state index in [-0.39, 0.29) is 35.6 Å². The van der Waals surface area contributed by atoms with Gasteiger partial charge in [-0.15, -0.1) is 0 Å². The molecule has 4 aromatic carbocycles. The van der Waals surface area contributed by atoms with Crippen LogP contribution < -0.4 is 24.8 Å². The maximum Gasteiger partial charge on any atom is -1.00 e. The van der Waals surface area contributed by atoms with Crippen LogP contribution in [0.15, 0.2) is 106 Å². The van der Waals surface area contributed by atoms with Crippen LogP contribution in [0, 0.1) is 0 Å². The topological polar surface area (TPSA) is 0 Å². The number of rotatable bonds is 4. The third-order valence-corrected chi connectivity index (χ3v) is 18.7. The van der Waals surface area contributed by atoms with Gasteiger partial charge in [0.1, 0.15) is 0 Å². The summed E-state index contributed by atoms with van der Waals surface area (Å²) in [7, 11) is 0. The molecule has 0 unspecified atom stereocenters. The van der Waals surface area contributed by atoms with Gasteiger partial charge in [-0.05, 0) is 0 Å². The molecule has 0 aromatic heterocycles. The van der Waals surface area contributed by atoms with Crippen LogP contribution in [-0.2, 0) is 32.1 Å². The summed E-state index contributed by atoms with van der Waals surface area (Å²) in [6.07, 6.45) is 13.9. The Hall–Kier alpha value is -2.31. The van der Waals surface area contributed by atoms with E-state index >= 15 is 0 Å². The number of allylic oxidation sites excluding steroid dienone is 4. The van der Waals surface area contributed by atoms with Gasteiger partial charge in [0.15, 0.2) is 0 Å². The average Bonchev–Trinajstić information content (AvgIpc) is 3.79. The van der Waals surface area contributed by atoms with Crippen LogP contribution >= 0.6 is 0 Å². The van der Waals surface area contributed by atoms with Crippen molar-refractivity contribution in [2.75, 3.05) is 0 Å². The maximum atomic E-state index is 2.66. The van der Waals surface area contributed by atoms with Gasteiger partial charge in [0.25, 0.3) is 0 Å². The Kier molecular flexibility index (Phi) is 10.4. The molecule has 0 saturated heterocycles. The molecular weight excluding hydrogens is 679 g/mol. The van der Waals surface area contributed by atoms with Gasteiger partial charge in [0, 0.05) is 0 Å². The van der Waals surface area contributed by atoms with Gasteiger partial charge in [-0.1, -0.05) is 0 Å². The van der Waals surface area contributed by atoms with E-state index in [1.165, 1.54) is 70.2 Å². The zero-order valence-corrected chi connectivity index (χ0v) is 32.2. The second kappa shape index (κ2) is 13.7. The molecule has 0 amide bonds. The number of fused-ring (bicyclic) bond motifs is 3. The molecule has 0 atom stereocenters. The smallest absolute Gasteiger partial charge is 1.00 e. The maximum absolute atomic E-state index is 2.66. The molecule has 1 saturated carbocycles. The van der Waals surface area contributed by atoms with Crippen LogP contribution in [-0.4, -0.2) is 3.21 Å². The molecule has 0 nitrogen and oxygen atoms in total. The van der Waals surface area contributed by atoms with Gasteiger partial charge in [0.2, 0.25) is 0 Å². The monoisotopic (exact) mass is 722 g/mol. The van der Waals surface area contributed by atoms with Crippen LogP contribution in [0.4, 0.5) is 0 Å². The first-order valence-electron chi connectivity index (χ1n) is 16.7. The molecule has 7 rings (SSSR count). The SMILES string of the molecule is CC(C)(C)c1cc2c(cc1-c1ccccc1)[CH]([Zr+2]([C]1=CC=CC1)=[C]1CCCC1)c1cc(-c3ccccc3)c(C(C)(C)C)cc1-2.[Cl-].[Cl-]. The number of hydrogen-bond acceptors (Lipinski definition) is 0. The zero-order chi connectivity index (χ0) is 30.6. The second-order valence-corrected chi connectivity index (χ2v) is 22.0. The molecule has 3 heteroatoms. The Morgan fingerprint density at radius 1 is 0.587 bits per heavy atom. The van der Waals surface area contributed by atoms with Crippen LogP contribution in [0.3, 0.4) is 0 Å². The van der Waals surface area contributed by atoms with Gasteiger partial charge in [-0.25, -0.2) is 0 Å². The van der Waals surface area contributed by atoms with E-state index in [9.17, 15) is 0 Å². The predicted molar refractivity (Wildman–Crippen MR) is 187 cm³/mol. The fourth-order valence-corrected chi connectivity index (χ4v) is 17.4. The summed E-state index contributed by atoms with van der Waals surface area (Å²) >= 11 is -2.30. The van der Waals surface area contributed by atoms with Crippen LogP contribution in [0.25, 0.3) is 33.4 Å². The first-order valence-corrected chi connectivity index (χ1v) is 20.5. The van der Waals surface area contributed by atoms with Crippen molar-refractivity contribution in [3.05, 3.63) is 129 Å². The Morgan fingerprint density at radius 2 is 1.04 bits per heavy atom. The molecule has 236 valence electrons. The van der Waals surface area contributed by atoms with Gasteiger partial charge >= 0.3 is 275 Å². The summed E-state index contributed by atoms with van der Waals surface area (Å²) in [6, 6.07) is 32.9. The molecule has 0 aliphatic heterocycles. The first kappa shape index (κ1) is 35.0. The Morgan fingerprint density at radius 3 is 1.43 bits per heavy atom. The van der Waals surface area contributed by atoms with Gasteiger partial charge in [0.05, 0.1) is 0 Å².